The van der Waals surface area contributed by atoms with Gasteiger partial charge in [-0.3, -0.25) is 0 Å². The molecule has 0 saturated heterocycles. The van der Waals surface area contributed by atoms with Crippen LogP contribution >= 0.6 is 0 Å². The van der Waals surface area contributed by atoms with Crippen LogP contribution in [0.3, 0.4) is 0 Å². The Labute approximate surface area is 80.6 Å². The van der Waals surface area contributed by atoms with Crippen LogP contribution in [0.1, 0.15) is 46.5 Å². The van der Waals surface area contributed by atoms with Crippen molar-refractivity contribution in [1.82, 2.24) is 0 Å². The average molecular weight is 190 g/mol. The zero-order chi connectivity index (χ0) is 10.3. The van der Waals surface area contributed by atoms with Gasteiger partial charge in [0, 0.05) is 0 Å². The van der Waals surface area contributed by atoms with Gasteiger partial charge in [-0.1, -0.05) is 38.7 Å². The quantitative estimate of drug-likeness (QED) is 0.492. The highest BCUT2D eigenvalue weighted by molar-refractivity contribution is 4.71. The van der Waals surface area contributed by atoms with Gasteiger partial charge in [0.25, 0.3) is 0 Å². The summed E-state index contributed by atoms with van der Waals surface area (Å²) < 4.78 is 0. The predicted molar refractivity (Wildman–Crippen MR) is 52.3 cm³/mol. The monoisotopic (exact) mass is 190 g/mol. The van der Waals surface area contributed by atoms with Crippen LogP contribution < -0.4 is 0 Å². The van der Waals surface area contributed by atoms with Crippen LogP contribution in [0.2, 0.25) is 0 Å². The molecule has 0 aliphatic heterocycles. The van der Waals surface area contributed by atoms with E-state index in [0.717, 1.165) is 17.8 Å². The van der Waals surface area contributed by atoms with E-state index in [1.165, 1.54) is 25.7 Å². The second-order valence-corrected chi connectivity index (χ2v) is 4.35. The maximum atomic E-state index is 6.62. The Morgan fingerprint density at radius 3 is 1.77 bits per heavy atom. The maximum absolute atomic E-state index is 6.62. The molecular weight excluding hydrogens is 168 g/mol. The second kappa shape index (κ2) is 7.30. The smallest absolute Gasteiger partial charge is 0.0391 e. The third-order valence-corrected chi connectivity index (χ3v) is 3.00. The van der Waals surface area contributed by atoms with Crippen molar-refractivity contribution < 1.29 is 15.6 Å². The lowest BCUT2D eigenvalue weighted by Gasteiger charge is -2.28. The Kier molecular flexibility index (Phi) is 7.23. The van der Waals surface area contributed by atoms with Crippen molar-refractivity contribution >= 4 is 0 Å². The van der Waals surface area contributed by atoms with Crippen molar-refractivity contribution in [3.05, 3.63) is 0 Å². The van der Waals surface area contributed by atoms with Gasteiger partial charge >= 0.3 is 0 Å². The molecule has 0 radical (unpaired) electrons. The molecule has 0 atom stereocenters. The van der Waals surface area contributed by atoms with Gasteiger partial charge in [-0.15, -0.1) is 0 Å². The first kappa shape index (κ1) is 12.9. The molecule has 0 heterocycles. The van der Waals surface area contributed by atoms with E-state index in [9.17, 15) is 0 Å². The number of rotatable bonds is 1. The van der Waals surface area contributed by atoms with E-state index in [0.29, 0.717) is 0 Å². The molecule has 1 saturated carbocycles. The fourth-order valence-corrected chi connectivity index (χ4v) is 1.95. The van der Waals surface area contributed by atoms with Crippen LogP contribution in [0, 0.1) is 17.8 Å². The van der Waals surface area contributed by atoms with Gasteiger partial charge < -0.3 is 0 Å². The van der Waals surface area contributed by atoms with E-state index < -0.39 is 0 Å². The van der Waals surface area contributed by atoms with Crippen LogP contribution in [0.15, 0.2) is 0 Å². The molecule has 0 amide bonds. The van der Waals surface area contributed by atoms with E-state index in [4.69, 9.17) is 10.5 Å². The second-order valence-electron chi connectivity index (χ2n) is 4.35. The van der Waals surface area contributed by atoms with E-state index in [2.05, 4.69) is 25.8 Å². The molecule has 0 aromatic heterocycles. The van der Waals surface area contributed by atoms with Crippen LogP contribution in [0.5, 0.6) is 0 Å². The van der Waals surface area contributed by atoms with Gasteiger partial charge in [0.15, 0.2) is 0 Å². The summed E-state index contributed by atoms with van der Waals surface area (Å²) in [5.41, 5.74) is 0. The summed E-state index contributed by atoms with van der Waals surface area (Å²) >= 11 is 0. The molecule has 0 unspecified atom stereocenters. The minimum atomic E-state index is 0.924. The lowest BCUT2D eigenvalue weighted by molar-refractivity contribution is -0.465. The fourth-order valence-electron chi connectivity index (χ4n) is 1.95. The molecule has 1 aliphatic rings. The van der Waals surface area contributed by atoms with Gasteiger partial charge in [0.05, 0.1) is 0 Å². The lowest BCUT2D eigenvalue weighted by Crippen LogP contribution is -2.16. The van der Waals surface area contributed by atoms with Crippen molar-refractivity contribution in [2.75, 3.05) is 0 Å². The highest BCUT2D eigenvalue weighted by Gasteiger charge is 2.19. The number of hydrogen-bond donors (Lipinski definition) is 2. The Hall–Kier alpha value is -0.120. The highest BCUT2D eigenvalue weighted by Crippen LogP contribution is 2.32. The highest BCUT2D eigenvalue weighted by atomic mass is 17.4. The molecule has 2 N–H and O–H groups in total. The molecular formula is C10H22O3. The van der Waals surface area contributed by atoms with Crippen molar-refractivity contribution in [3.8, 4) is 0 Å². The zero-order valence-corrected chi connectivity index (χ0v) is 8.86. The largest absolute Gasteiger partial charge is 0.221 e. The first-order valence-electron chi connectivity index (χ1n) is 5.06. The molecule has 3 heteroatoms. The summed E-state index contributed by atoms with van der Waals surface area (Å²) in [6, 6.07) is 0. The molecule has 0 aromatic carbocycles. The van der Waals surface area contributed by atoms with Crippen LogP contribution in [0.25, 0.3) is 0 Å². The third kappa shape index (κ3) is 6.02. The normalized spacial score (nSPS) is 28.2. The fraction of sp³-hybridized carbons (Fsp3) is 1.00. The molecule has 0 aromatic rings. The molecule has 1 rings (SSSR count). The average Bonchev–Trinajstić information content (AvgIpc) is 2.06. The summed E-state index contributed by atoms with van der Waals surface area (Å²) in [7, 11) is 0. The van der Waals surface area contributed by atoms with Gasteiger partial charge in [-0.25, -0.2) is 10.5 Å². The topological polar surface area (TPSA) is 49.7 Å². The molecule has 13 heavy (non-hydrogen) atoms. The van der Waals surface area contributed by atoms with Crippen LogP contribution in [-0.2, 0) is 5.04 Å². The standard InChI is InChI=1S/C10H20.H2O3/c1-8(2)10-6-4-9(3)5-7-10;1-3-2/h8-10H,4-7H2,1-3H3;1-2H. The number of hydrogen-bond acceptors (Lipinski definition) is 3. The van der Waals surface area contributed by atoms with E-state index in [-0.39, 0.29) is 0 Å². The SMILES string of the molecule is CC1CCC(C(C)C)CC1.OOO. The first-order chi connectivity index (χ1) is 6.11. The summed E-state index contributed by atoms with van der Waals surface area (Å²) in [4.78, 5) is 0. The van der Waals surface area contributed by atoms with Crippen LogP contribution in [-0.4, -0.2) is 10.5 Å². The van der Waals surface area contributed by atoms with Gasteiger partial charge in [-0.2, -0.15) is 0 Å². The van der Waals surface area contributed by atoms with Crippen molar-refractivity contribution in [2.24, 2.45) is 17.8 Å². The summed E-state index contributed by atoms with van der Waals surface area (Å²) in [5.74, 6) is 2.97. The summed E-state index contributed by atoms with van der Waals surface area (Å²) in [6.45, 7) is 7.11. The molecule has 80 valence electrons. The maximum Gasteiger partial charge on any atom is -0.0391 e. The van der Waals surface area contributed by atoms with E-state index >= 15 is 0 Å². The summed E-state index contributed by atoms with van der Waals surface area (Å²) in [6.07, 6.45) is 5.92. The van der Waals surface area contributed by atoms with Gasteiger partial charge in [0.2, 0.25) is 0 Å². The Bertz CT molecular complexity index is 107. The van der Waals surface area contributed by atoms with E-state index in [1.54, 1.807) is 0 Å². The molecule has 0 spiro atoms. The lowest BCUT2D eigenvalue weighted by atomic mass is 9.78. The molecule has 3 nitrogen and oxygen atoms in total. The Morgan fingerprint density at radius 1 is 1.08 bits per heavy atom. The van der Waals surface area contributed by atoms with Crippen molar-refractivity contribution in [1.29, 1.82) is 0 Å². The van der Waals surface area contributed by atoms with Gasteiger partial charge in [0.1, 0.15) is 0 Å². The minimum Gasteiger partial charge on any atom is -0.221 e. The minimum absolute atomic E-state index is 0.924. The predicted octanol–water partition coefficient (Wildman–Crippen LogP) is 3.42. The third-order valence-electron chi connectivity index (χ3n) is 3.00. The van der Waals surface area contributed by atoms with Crippen LogP contribution in [0.4, 0.5) is 0 Å². The first-order valence-corrected chi connectivity index (χ1v) is 5.06. The summed E-state index contributed by atoms with van der Waals surface area (Å²) in [5, 5.41) is 15.5. The van der Waals surface area contributed by atoms with Gasteiger partial charge in [-0.05, 0) is 30.6 Å². The molecule has 1 fully saturated rings. The molecule has 1 aliphatic carbocycles. The van der Waals surface area contributed by atoms with E-state index in [1.807, 2.05) is 0 Å². The zero-order valence-electron chi connectivity index (χ0n) is 8.86. The Balaban J connectivity index is 0.000000424. The molecule has 0 bridgehead atoms. The van der Waals surface area contributed by atoms with Crippen molar-refractivity contribution in [3.63, 3.8) is 0 Å². The Morgan fingerprint density at radius 2 is 1.46 bits per heavy atom. The van der Waals surface area contributed by atoms with Crippen molar-refractivity contribution in [2.45, 2.75) is 46.5 Å².